The molecule has 0 bridgehead atoms. The van der Waals surface area contributed by atoms with Gasteiger partial charge in [-0.15, -0.1) is 11.3 Å². The highest BCUT2D eigenvalue weighted by atomic mass is 32.1. The first-order valence-corrected chi connectivity index (χ1v) is 17.9. The number of nitrogens with zero attached hydrogens (tertiary/aromatic N) is 3. The Morgan fingerprint density at radius 1 is 0.353 bits per heavy atom. The molecule has 0 unspecified atom stereocenters. The fourth-order valence-corrected chi connectivity index (χ4v) is 8.62. The van der Waals surface area contributed by atoms with Crippen LogP contribution < -0.4 is 0 Å². The fraction of sp³-hybridized carbons (Fsp3) is 0. The van der Waals surface area contributed by atoms with Crippen molar-refractivity contribution in [2.24, 2.45) is 0 Å². The standard InChI is InChI=1S/C47H29N3S/c1-4-13-31(14-5-1)41-29-42(50-47(49-41)34-17-8-3-9-18-34)32-25-23-30(24-26-32)35-20-12-21-36-37-27-28-39-43(46(37)51-45(35)36)38-19-10-11-22-40(38)48-44(39)33-15-6-2-7-16-33/h1-29H. The third-order valence-electron chi connectivity index (χ3n) is 9.69. The predicted octanol–water partition coefficient (Wildman–Crippen LogP) is 12.9. The van der Waals surface area contributed by atoms with Crippen molar-refractivity contribution in [3.05, 3.63) is 176 Å². The van der Waals surface area contributed by atoms with E-state index in [2.05, 4.69) is 140 Å². The number of thiophene rings is 1. The van der Waals surface area contributed by atoms with Crippen LogP contribution in [0.2, 0.25) is 0 Å². The molecule has 0 fully saturated rings. The molecule has 0 saturated carbocycles. The summed E-state index contributed by atoms with van der Waals surface area (Å²) in [6, 6.07) is 61.8. The van der Waals surface area contributed by atoms with Gasteiger partial charge in [0.2, 0.25) is 0 Å². The number of pyridine rings is 1. The maximum Gasteiger partial charge on any atom is 0.160 e. The Labute approximate surface area is 299 Å². The molecule has 0 atom stereocenters. The number of rotatable bonds is 5. The minimum atomic E-state index is 0.719. The van der Waals surface area contributed by atoms with Crippen LogP contribution in [0.5, 0.6) is 0 Å². The third-order valence-corrected chi connectivity index (χ3v) is 11.0. The van der Waals surface area contributed by atoms with E-state index in [0.717, 1.165) is 50.7 Å². The van der Waals surface area contributed by atoms with Gasteiger partial charge in [-0.25, -0.2) is 15.0 Å². The first-order chi connectivity index (χ1) is 25.3. The summed E-state index contributed by atoms with van der Waals surface area (Å²) >= 11 is 1.88. The first-order valence-electron chi connectivity index (χ1n) is 17.1. The van der Waals surface area contributed by atoms with Crippen LogP contribution in [0, 0.1) is 0 Å². The second kappa shape index (κ2) is 12.1. The lowest BCUT2D eigenvalue weighted by Gasteiger charge is -2.11. The van der Waals surface area contributed by atoms with Crippen LogP contribution in [-0.4, -0.2) is 15.0 Å². The van der Waals surface area contributed by atoms with Crippen molar-refractivity contribution in [3.8, 4) is 56.3 Å². The third kappa shape index (κ3) is 5.08. The molecule has 0 saturated heterocycles. The molecule has 3 aromatic heterocycles. The normalized spacial score (nSPS) is 11.5. The van der Waals surface area contributed by atoms with Crippen molar-refractivity contribution in [1.82, 2.24) is 15.0 Å². The number of benzene rings is 7. The Bertz CT molecular complexity index is 2820. The van der Waals surface area contributed by atoms with Gasteiger partial charge in [0.05, 0.1) is 22.6 Å². The lowest BCUT2D eigenvalue weighted by Crippen LogP contribution is -1.95. The van der Waals surface area contributed by atoms with Gasteiger partial charge in [0.1, 0.15) is 0 Å². The summed E-state index contributed by atoms with van der Waals surface area (Å²) < 4.78 is 2.58. The summed E-state index contributed by atoms with van der Waals surface area (Å²) in [4.78, 5) is 15.2. The second-order valence-corrected chi connectivity index (χ2v) is 13.8. The lowest BCUT2D eigenvalue weighted by atomic mass is 9.97. The zero-order chi connectivity index (χ0) is 33.7. The van der Waals surface area contributed by atoms with E-state index in [1.165, 1.54) is 47.5 Å². The number of hydrogen-bond donors (Lipinski definition) is 0. The van der Waals surface area contributed by atoms with Crippen LogP contribution in [0.25, 0.3) is 98.1 Å². The van der Waals surface area contributed by atoms with Crippen molar-refractivity contribution < 1.29 is 0 Å². The first kappa shape index (κ1) is 29.4. The molecule has 0 aliphatic heterocycles. The number of aromatic nitrogens is 3. The molecule has 0 radical (unpaired) electrons. The van der Waals surface area contributed by atoms with Gasteiger partial charge in [-0.05, 0) is 23.3 Å². The molecule has 0 amide bonds. The maximum absolute atomic E-state index is 5.17. The van der Waals surface area contributed by atoms with Crippen molar-refractivity contribution in [3.63, 3.8) is 0 Å². The van der Waals surface area contributed by atoms with Crippen molar-refractivity contribution in [1.29, 1.82) is 0 Å². The van der Waals surface area contributed by atoms with Gasteiger partial charge in [0.25, 0.3) is 0 Å². The highest BCUT2D eigenvalue weighted by Crippen LogP contribution is 2.46. The molecule has 4 heteroatoms. The Kier molecular flexibility index (Phi) is 7.00. The minimum Gasteiger partial charge on any atom is -0.247 e. The quantitative estimate of drug-likeness (QED) is 0.171. The molecule has 0 N–H and O–H groups in total. The second-order valence-electron chi connectivity index (χ2n) is 12.8. The Morgan fingerprint density at radius 2 is 0.902 bits per heavy atom. The van der Waals surface area contributed by atoms with E-state index in [0.29, 0.717) is 0 Å². The predicted molar refractivity (Wildman–Crippen MR) is 215 cm³/mol. The SMILES string of the molecule is c1ccc(-c2cc(-c3ccc(-c4cccc5c4sc4c5ccc5c(-c6ccccc6)nc6ccccc6c54)cc3)nc(-c3ccccc3)n2)cc1. The van der Waals surface area contributed by atoms with Gasteiger partial charge < -0.3 is 0 Å². The number of para-hydroxylation sites is 1. The van der Waals surface area contributed by atoms with Gasteiger partial charge in [0.15, 0.2) is 5.82 Å². The van der Waals surface area contributed by atoms with Crippen LogP contribution in [0.1, 0.15) is 0 Å². The largest absolute Gasteiger partial charge is 0.247 e. The molecule has 7 aromatic carbocycles. The van der Waals surface area contributed by atoms with Gasteiger partial charge in [-0.2, -0.15) is 0 Å². The van der Waals surface area contributed by atoms with E-state index < -0.39 is 0 Å². The average Bonchev–Trinajstić information content (AvgIpc) is 3.61. The van der Waals surface area contributed by atoms with Gasteiger partial charge in [-0.1, -0.05) is 164 Å². The van der Waals surface area contributed by atoms with Crippen LogP contribution >= 0.6 is 11.3 Å². The summed E-state index contributed by atoms with van der Waals surface area (Å²) in [5.41, 5.74) is 10.5. The molecular weight excluding hydrogens is 639 g/mol. The van der Waals surface area contributed by atoms with Gasteiger partial charge in [0, 0.05) is 58.6 Å². The Hall–Kier alpha value is -6.49. The topological polar surface area (TPSA) is 38.7 Å². The van der Waals surface area contributed by atoms with Crippen molar-refractivity contribution in [2.75, 3.05) is 0 Å². The molecule has 51 heavy (non-hydrogen) atoms. The van der Waals surface area contributed by atoms with Gasteiger partial charge in [-0.3, -0.25) is 0 Å². The van der Waals surface area contributed by atoms with Crippen LogP contribution in [0.4, 0.5) is 0 Å². The Balaban J connectivity index is 1.12. The molecule has 10 aromatic rings. The van der Waals surface area contributed by atoms with Crippen LogP contribution in [-0.2, 0) is 0 Å². The summed E-state index contributed by atoms with van der Waals surface area (Å²) in [5, 5.41) is 6.19. The Morgan fingerprint density at radius 3 is 1.63 bits per heavy atom. The summed E-state index contributed by atoms with van der Waals surface area (Å²) in [5.74, 6) is 0.719. The van der Waals surface area contributed by atoms with Gasteiger partial charge >= 0.3 is 0 Å². The van der Waals surface area contributed by atoms with E-state index in [1.807, 2.05) is 47.7 Å². The van der Waals surface area contributed by atoms with E-state index in [1.54, 1.807) is 0 Å². The highest BCUT2D eigenvalue weighted by Gasteiger charge is 2.18. The monoisotopic (exact) mass is 667 g/mol. The van der Waals surface area contributed by atoms with E-state index in [-0.39, 0.29) is 0 Å². The van der Waals surface area contributed by atoms with Crippen LogP contribution in [0.15, 0.2) is 176 Å². The zero-order valence-corrected chi connectivity index (χ0v) is 28.3. The van der Waals surface area contributed by atoms with E-state index in [4.69, 9.17) is 15.0 Å². The average molecular weight is 668 g/mol. The molecule has 0 aliphatic rings. The summed E-state index contributed by atoms with van der Waals surface area (Å²) in [6.45, 7) is 0. The lowest BCUT2D eigenvalue weighted by molar-refractivity contribution is 1.18. The summed E-state index contributed by atoms with van der Waals surface area (Å²) in [6.07, 6.45) is 0. The molecule has 10 rings (SSSR count). The molecule has 0 spiro atoms. The van der Waals surface area contributed by atoms with E-state index >= 15 is 0 Å². The fourth-order valence-electron chi connectivity index (χ4n) is 7.22. The van der Waals surface area contributed by atoms with Crippen molar-refractivity contribution >= 4 is 53.2 Å². The molecule has 0 aliphatic carbocycles. The minimum absolute atomic E-state index is 0.719. The maximum atomic E-state index is 5.17. The van der Waals surface area contributed by atoms with E-state index in [9.17, 15) is 0 Å². The molecule has 3 heterocycles. The summed E-state index contributed by atoms with van der Waals surface area (Å²) in [7, 11) is 0. The molecule has 3 nitrogen and oxygen atoms in total. The zero-order valence-electron chi connectivity index (χ0n) is 27.5. The molecular formula is C47H29N3S. The van der Waals surface area contributed by atoms with Crippen LogP contribution in [0.3, 0.4) is 0 Å². The molecule has 238 valence electrons. The smallest absolute Gasteiger partial charge is 0.160 e. The number of fused-ring (bicyclic) bond motifs is 7. The highest BCUT2D eigenvalue weighted by molar-refractivity contribution is 7.27. The number of hydrogen-bond acceptors (Lipinski definition) is 4. The van der Waals surface area contributed by atoms with Crippen molar-refractivity contribution in [2.45, 2.75) is 0 Å².